The lowest BCUT2D eigenvalue weighted by molar-refractivity contribution is 0.585. The van der Waals surface area contributed by atoms with E-state index in [4.69, 9.17) is 5.73 Å². The second-order valence-electron chi connectivity index (χ2n) is 7.20. The average molecular weight is 465 g/mol. The third kappa shape index (κ3) is 5.04. The molecule has 3 heterocycles. The van der Waals surface area contributed by atoms with Gasteiger partial charge in [0.2, 0.25) is 0 Å². The fraction of sp³-hybridized carbons (Fsp3) is 0.125. The fourth-order valence-corrected chi connectivity index (χ4v) is 3.74. The van der Waals surface area contributed by atoms with Crippen molar-refractivity contribution in [2.45, 2.75) is 6.92 Å². The molecule has 6 nitrogen and oxygen atoms in total. The summed E-state index contributed by atoms with van der Waals surface area (Å²) in [6, 6.07) is 10.7. The van der Waals surface area contributed by atoms with Gasteiger partial charge in [-0.2, -0.15) is 5.10 Å². The summed E-state index contributed by atoms with van der Waals surface area (Å²) in [6.45, 7) is 2.00. The summed E-state index contributed by atoms with van der Waals surface area (Å²) < 4.78 is 32.8. The highest BCUT2D eigenvalue weighted by Crippen LogP contribution is 2.31. The van der Waals surface area contributed by atoms with E-state index in [1.54, 1.807) is 29.2 Å². The van der Waals surface area contributed by atoms with Crippen molar-refractivity contribution in [2.75, 3.05) is 10.5 Å². The van der Waals surface area contributed by atoms with Crippen LogP contribution in [0.25, 0.3) is 27.8 Å². The molecule has 0 amide bonds. The van der Waals surface area contributed by atoms with Gasteiger partial charge in [0, 0.05) is 59.7 Å². The van der Waals surface area contributed by atoms with E-state index < -0.39 is 11.6 Å². The molecule has 0 aliphatic heterocycles. The minimum Gasteiger partial charge on any atom is -0.404 e. The smallest absolute Gasteiger partial charge is 0.137 e. The van der Waals surface area contributed by atoms with Crippen LogP contribution in [0.15, 0.2) is 67.3 Å². The maximum absolute atomic E-state index is 14.5. The largest absolute Gasteiger partial charge is 0.404 e. The molecule has 0 aliphatic carbocycles. The lowest BCUT2D eigenvalue weighted by atomic mass is 10.0. The normalized spacial score (nSPS) is 11.6. The van der Waals surface area contributed by atoms with Crippen LogP contribution in [0.3, 0.4) is 0 Å². The summed E-state index contributed by atoms with van der Waals surface area (Å²) in [7, 11) is 1.85. The number of pyridine rings is 2. The van der Waals surface area contributed by atoms with Crippen LogP contribution in [-0.2, 0) is 7.05 Å². The topological polar surface area (TPSA) is 81.6 Å². The Balaban J connectivity index is 1.75. The van der Waals surface area contributed by atoms with Gasteiger partial charge >= 0.3 is 0 Å². The van der Waals surface area contributed by atoms with E-state index in [1.807, 2.05) is 32.3 Å². The molecular formula is C24H22F2N6S. The Bertz CT molecular complexity index is 1300. The Morgan fingerprint density at radius 1 is 1.06 bits per heavy atom. The summed E-state index contributed by atoms with van der Waals surface area (Å²) in [4.78, 5) is 9.21. The van der Waals surface area contributed by atoms with Gasteiger partial charge in [-0.3, -0.25) is 9.67 Å². The number of nitrogens with one attached hydrogen (secondary N) is 1. The lowest BCUT2D eigenvalue weighted by Gasteiger charge is -2.13. The van der Waals surface area contributed by atoms with Gasteiger partial charge in [-0.25, -0.2) is 13.8 Å². The van der Waals surface area contributed by atoms with E-state index in [9.17, 15) is 8.78 Å². The van der Waals surface area contributed by atoms with Crippen molar-refractivity contribution in [1.82, 2.24) is 19.7 Å². The van der Waals surface area contributed by atoms with Crippen LogP contribution in [0, 0.1) is 11.6 Å². The highest BCUT2D eigenvalue weighted by atomic mass is 32.2. The third-order valence-electron chi connectivity index (χ3n) is 4.91. The minimum absolute atomic E-state index is 0.265. The summed E-state index contributed by atoms with van der Waals surface area (Å²) in [6.07, 6.45) is 6.84. The molecular weight excluding hydrogens is 442 g/mol. The van der Waals surface area contributed by atoms with Crippen LogP contribution in [0.2, 0.25) is 0 Å². The van der Waals surface area contributed by atoms with Crippen molar-refractivity contribution in [2.24, 2.45) is 12.8 Å². The van der Waals surface area contributed by atoms with Gasteiger partial charge in [-0.15, -0.1) is 0 Å². The van der Waals surface area contributed by atoms with Gasteiger partial charge in [0.1, 0.15) is 17.5 Å². The van der Waals surface area contributed by atoms with E-state index >= 15 is 0 Å². The van der Waals surface area contributed by atoms with Crippen LogP contribution in [0.5, 0.6) is 0 Å². The second kappa shape index (κ2) is 9.83. The number of benzene rings is 1. The van der Waals surface area contributed by atoms with E-state index in [1.165, 1.54) is 30.3 Å². The highest BCUT2D eigenvalue weighted by Gasteiger charge is 2.15. The Morgan fingerprint density at radius 3 is 2.55 bits per heavy atom. The van der Waals surface area contributed by atoms with E-state index in [0.29, 0.717) is 28.3 Å². The Morgan fingerprint density at radius 2 is 1.91 bits per heavy atom. The van der Waals surface area contributed by atoms with Crippen molar-refractivity contribution in [3.63, 3.8) is 0 Å². The summed E-state index contributed by atoms with van der Waals surface area (Å²) >= 11 is 1.46. The zero-order valence-corrected chi connectivity index (χ0v) is 18.9. The molecule has 1 aromatic carbocycles. The van der Waals surface area contributed by atoms with Crippen molar-refractivity contribution in [3.8, 4) is 22.3 Å². The lowest BCUT2D eigenvalue weighted by Crippen LogP contribution is -2.02. The molecule has 0 bridgehead atoms. The molecule has 0 saturated heterocycles. The van der Waals surface area contributed by atoms with E-state index in [-0.39, 0.29) is 5.56 Å². The SMILES string of the molecule is CCSNc1cc(-c2ccc(F)cc2F)cc(C(=CN)c2ccc(-c3cnn(C)c3)cn2)n1. The Kier molecular flexibility index (Phi) is 6.69. The summed E-state index contributed by atoms with van der Waals surface area (Å²) in [5.74, 6) is 0.0528. The van der Waals surface area contributed by atoms with Crippen molar-refractivity contribution >= 4 is 23.3 Å². The van der Waals surface area contributed by atoms with Crippen LogP contribution >= 0.6 is 11.9 Å². The molecule has 4 rings (SSSR count). The fourth-order valence-electron chi connectivity index (χ4n) is 3.34. The number of nitrogens with two attached hydrogens (primary N) is 1. The molecule has 0 saturated carbocycles. The molecule has 4 aromatic rings. The molecule has 0 spiro atoms. The molecule has 0 aliphatic rings. The molecule has 0 unspecified atom stereocenters. The molecule has 3 N–H and O–H groups in total. The van der Waals surface area contributed by atoms with Gasteiger partial charge in [0.15, 0.2) is 0 Å². The van der Waals surface area contributed by atoms with Gasteiger partial charge in [0.25, 0.3) is 0 Å². The Labute approximate surface area is 194 Å². The maximum Gasteiger partial charge on any atom is 0.137 e. The van der Waals surface area contributed by atoms with Crippen LogP contribution in [0.1, 0.15) is 18.3 Å². The molecule has 9 heteroatoms. The van der Waals surface area contributed by atoms with Crippen molar-refractivity contribution in [3.05, 3.63) is 90.3 Å². The van der Waals surface area contributed by atoms with Crippen molar-refractivity contribution < 1.29 is 8.78 Å². The van der Waals surface area contributed by atoms with Gasteiger partial charge < -0.3 is 10.5 Å². The number of anilines is 1. The maximum atomic E-state index is 14.5. The quantitative estimate of drug-likeness (QED) is 0.364. The van der Waals surface area contributed by atoms with Crippen LogP contribution in [0.4, 0.5) is 14.6 Å². The summed E-state index contributed by atoms with van der Waals surface area (Å²) in [5, 5.41) is 4.18. The second-order valence-corrected chi connectivity index (χ2v) is 8.27. The average Bonchev–Trinajstić information content (AvgIpc) is 3.25. The highest BCUT2D eigenvalue weighted by molar-refractivity contribution is 8.00. The third-order valence-corrected chi connectivity index (χ3v) is 5.55. The van der Waals surface area contributed by atoms with Crippen LogP contribution in [-0.4, -0.2) is 25.5 Å². The number of halogens is 2. The van der Waals surface area contributed by atoms with Crippen molar-refractivity contribution in [1.29, 1.82) is 0 Å². The molecule has 33 heavy (non-hydrogen) atoms. The molecule has 0 fully saturated rings. The predicted molar refractivity (Wildman–Crippen MR) is 129 cm³/mol. The summed E-state index contributed by atoms with van der Waals surface area (Å²) in [5.41, 5.74) is 10.4. The predicted octanol–water partition coefficient (Wildman–Crippen LogP) is 5.25. The first-order valence-corrected chi connectivity index (χ1v) is 11.2. The minimum atomic E-state index is -0.654. The first kappa shape index (κ1) is 22.5. The number of rotatable bonds is 7. The number of aryl methyl sites for hydroxylation is 1. The number of hydrogen-bond donors (Lipinski definition) is 2. The molecule has 3 aromatic heterocycles. The first-order valence-electron chi connectivity index (χ1n) is 10.2. The Hall–Kier alpha value is -3.72. The molecule has 0 radical (unpaired) electrons. The van der Waals surface area contributed by atoms with E-state index in [0.717, 1.165) is 22.9 Å². The van der Waals surface area contributed by atoms with Gasteiger partial charge in [0.05, 0.1) is 17.6 Å². The van der Waals surface area contributed by atoms with Gasteiger partial charge in [-0.05, 0) is 35.9 Å². The zero-order chi connectivity index (χ0) is 23.4. The monoisotopic (exact) mass is 464 g/mol. The molecule has 168 valence electrons. The number of nitrogens with zero attached hydrogens (tertiary/aromatic N) is 4. The zero-order valence-electron chi connectivity index (χ0n) is 18.1. The van der Waals surface area contributed by atoms with Crippen LogP contribution < -0.4 is 10.5 Å². The number of aromatic nitrogens is 4. The standard InChI is InChI=1S/C24H22F2N6S/c1-3-33-31-24-9-16(19-6-5-18(25)10-21(19)26)8-23(30-24)20(11-27)22-7-4-15(12-28-22)17-13-29-32(2)14-17/h4-14H,3,27H2,1-2H3,(H,30,31). The molecule has 0 atom stereocenters. The first-order chi connectivity index (χ1) is 16.0. The van der Waals surface area contributed by atoms with Gasteiger partial charge in [-0.1, -0.05) is 24.9 Å². The van der Waals surface area contributed by atoms with E-state index in [2.05, 4.69) is 19.8 Å². The number of hydrogen-bond acceptors (Lipinski definition) is 6.